The summed E-state index contributed by atoms with van der Waals surface area (Å²) in [5.74, 6) is 1.34. The number of hydrogen-bond donors (Lipinski definition) is 2. The molecule has 11 heteroatoms. The normalized spacial score (nSPS) is 13.1. The topological polar surface area (TPSA) is 89.2 Å². The number of carbonyl (C=O) groups is 2. The molecule has 0 fully saturated rings. The van der Waals surface area contributed by atoms with Gasteiger partial charge in [-0.25, -0.2) is 4.68 Å². The molecule has 0 radical (unpaired) electrons. The van der Waals surface area contributed by atoms with Crippen LogP contribution in [-0.4, -0.2) is 21.6 Å². The second-order valence-corrected chi connectivity index (χ2v) is 7.80. The van der Waals surface area contributed by atoms with E-state index in [2.05, 4.69) is 15.7 Å². The zero-order chi connectivity index (χ0) is 22.0. The first-order valence-electron chi connectivity index (χ1n) is 9.25. The first-order valence-corrected chi connectivity index (χ1v) is 10.4. The summed E-state index contributed by atoms with van der Waals surface area (Å²) < 4.78 is 44.8. The molecule has 0 aliphatic carbocycles. The van der Waals surface area contributed by atoms with Crippen molar-refractivity contribution in [1.29, 1.82) is 0 Å². The first-order chi connectivity index (χ1) is 14.8. The zero-order valence-corrected chi connectivity index (χ0v) is 16.8. The molecule has 31 heavy (non-hydrogen) atoms. The van der Waals surface area contributed by atoms with Crippen LogP contribution in [0.3, 0.4) is 0 Å². The van der Waals surface area contributed by atoms with E-state index in [-0.39, 0.29) is 24.6 Å². The van der Waals surface area contributed by atoms with Crippen LogP contribution in [0.2, 0.25) is 0 Å². The molecule has 0 saturated carbocycles. The number of fused-ring (bicyclic) bond motifs is 1. The van der Waals surface area contributed by atoms with Gasteiger partial charge in [-0.2, -0.15) is 30.0 Å². The second kappa shape index (κ2) is 8.50. The molecule has 0 bridgehead atoms. The van der Waals surface area contributed by atoms with Gasteiger partial charge in [0.25, 0.3) is 5.91 Å². The number of hydrogen-bond acceptors (Lipinski definition) is 5. The highest BCUT2D eigenvalue weighted by molar-refractivity contribution is 7.98. The number of benzene rings is 1. The fourth-order valence-corrected chi connectivity index (χ4v) is 4.14. The standard InChI is InChI=1S/C20H17F3N4O3S/c21-20(22,23)13-5-3-12(4-6-13)19(29)25-18-15-10-31-11-16(15)26-27(18)9-17(28)24-8-14-2-1-7-30-14/h1-7H,8-11H2,(H,24,28)(H,25,29). The van der Waals surface area contributed by atoms with Crippen LogP contribution in [0.1, 0.15) is 32.9 Å². The smallest absolute Gasteiger partial charge is 0.416 e. The van der Waals surface area contributed by atoms with Gasteiger partial charge in [0.05, 0.1) is 24.1 Å². The Hall–Kier alpha value is -3.21. The van der Waals surface area contributed by atoms with Gasteiger partial charge >= 0.3 is 6.18 Å². The highest BCUT2D eigenvalue weighted by Gasteiger charge is 2.30. The lowest BCUT2D eigenvalue weighted by Crippen LogP contribution is -2.28. The maximum absolute atomic E-state index is 12.7. The number of furan rings is 1. The van der Waals surface area contributed by atoms with E-state index in [4.69, 9.17) is 4.42 Å². The fraction of sp³-hybridized carbons (Fsp3) is 0.250. The maximum atomic E-state index is 12.7. The Morgan fingerprint density at radius 2 is 1.94 bits per heavy atom. The first kappa shape index (κ1) is 21.0. The summed E-state index contributed by atoms with van der Waals surface area (Å²) in [5, 5.41) is 9.84. The van der Waals surface area contributed by atoms with Gasteiger partial charge in [-0.05, 0) is 36.4 Å². The Morgan fingerprint density at radius 1 is 1.16 bits per heavy atom. The fourth-order valence-electron chi connectivity index (χ4n) is 3.10. The molecule has 1 aliphatic rings. The molecular formula is C20H17F3N4O3S. The molecule has 3 aromatic rings. The Labute approximate surface area is 179 Å². The van der Waals surface area contributed by atoms with Crippen LogP contribution in [-0.2, 0) is 35.6 Å². The van der Waals surface area contributed by atoms with Crippen LogP contribution < -0.4 is 10.6 Å². The maximum Gasteiger partial charge on any atom is 0.416 e. The van der Waals surface area contributed by atoms with Crippen molar-refractivity contribution in [3.05, 3.63) is 70.8 Å². The van der Waals surface area contributed by atoms with Crippen molar-refractivity contribution in [3.63, 3.8) is 0 Å². The Balaban J connectivity index is 1.48. The van der Waals surface area contributed by atoms with Gasteiger partial charge in [0, 0.05) is 22.6 Å². The summed E-state index contributed by atoms with van der Waals surface area (Å²) in [5.41, 5.74) is 0.817. The highest BCUT2D eigenvalue weighted by Crippen LogP contribution is 2.35. The third-order valence-corrected chi connectivity index (χ3v) is 5.63. The molecule has 1 aliphatic heterocycles. The summed E-state index contributed by atoms with van der Waals surface area (Å²) in [6.45, 7) is 0.0942. The number of thioether (sulfide) groups is 1. The number of anilines is 1. The number of halogens is 3. The highest BCUT2D eigenvalue weighted by atomic mass is 32.2. The largest absolute Gasteiger partial charge is 0.467 e. The van der Waals surface area contributed by atoms with Crippen molar-refractivity contribution in [2.75, 3.05) is 5.32 Å². The summed E-state index contributed by atoms with van der Waals surface area (Å²) in [6.07, 6.45) is -2.97. The van der Waals surface area contributed by atoms with E-state index < -0.39 is 17.6 Å². The second-order valence-electron chi connectivity index (χ2n) is 6.81. The molecule has 1 aromatic carbocycles. The van der Waals surface area contributed by atoms with E-state index in [1.807, 2.05) is 0 Å². The lowest BCUT2D eigenvalue weighted by Gasteiger charge is -2.12. The van der Waals surface area contributed by atoms with Gasteiger partial charge in [-0.3, -0.25) is 9.59 Å². The van der Waals surface area contributed by atoms with Crippen LogP contribution in [0.15, 0.2) is 47.1 Å². The van der Waals surface area contributed by atoms with Crippen LogP contribution in [0.5, 0.6) is 0 Å². The number of nitrogens with one attached hydrogen (secondary N) is 2. The minimum atomic E-state index is -4.48. The quantitative estimate of drug-likeness (QED) is 0.596. The van der Waals surface area contributed by atoms with Gasteiger partial charge in [0.2, 0.25) is 5.91 Å². The van der Waals surface area contributed by atoms with Crippen LogP contribution in [0.25, 0.3) is 0 Å². The minimum Gasteiger partial charge on any atom is -0.467 e. The number of nitrogens with zero attached hydrogens (tertiary/aromatic N) is 2. The summed E-state index contributed by atoms with van der Waals surface area (Å²) in [4.78, 5) is 25.0. The molecule has 0 saturated heterocycles. The summed E-state index contributed by atoms with van der Waals surface area (Å²) in [6, 6.07) is 7.39. The monoisotopic (exact) mass is 450 g/mol. The zero-order valence-electron chi connectivity index (χ0n) is 16.0. The third kappa shape index (κ3) is 4.76. The van der Waals surface area contributed by atoms with E-state index in [1.54, 1.807) is 23.9 Å². The molecule has 3 heterocycles. The van der Waals surface area contributed by atoms with Crippen molar-refractivity contribution in [2.45, 2.75) is 30.8 Å². The number of alkyl halides is 3. The number of carbonyl (C=O) groups excluding carboxylic acids is 2. The van der Waals surface area contributed by atoms with Gasteiger partial charge < -0.3 is 15.1 Å². The number of aromatic nitrogens is 2. The van der Waals surface area contributed by atoms with E-state index in [9.17, 15) is 22.8 Å². The van der Waals surface area contributed by atoms with Gasteiger partial charge in [-0.1, -0.05) is 0 Å². The van der Waals surface area contributed by atoms with E-state index in [1.165, 1.54) is 10.9 Å². The number of rotatable bonds is 6. The molecule has 0 unspecified atom stereocenters. The third-order valence-electron chi connectivity index (χ3n) is 4.66. The van der Waals surface area contributed by atoms with Crippen molar-refractivity contribution >= 4 is 29.4 Å². The molecule has 0 spiro atoms. The molecule has 2 amide bonds. The SMILES string of the molecule is O=C(Cn1nc2c(c1NC(=O)c1ccc(C(F)(F)F)cc1)CSC2)NCc1ccco1. The van der Waals surface area contributed by atoms with Gasteiger partial charge in [0.15, 0.2) is 0 Å². The molecule has 7 nitrogen and oxygen atoms in total. The van der Waals surface area contributed by atoms with Crippen molar-refractivity contribution in [2.24, 2.45) is 0 Å². The molecule has 2 N–H and O–H groups in total. The minimum absolute atomic E-state index is 0.0717. The van der Waals surface area contributed by atoms with Crippen molar-refractivity contribution in [1.82, 2.24) is 15.1 Å². The van der Waals surface area contributed by atoms with E-state index >= 15 is 0 Å². The molecule has 4 rings (SSSR count). The molecule has 0 atom stereocenters. The van der Waals surface area contributed by atoms with Gasteiger partial charge in [0.1, 0.15) is 18.1 Å². The van der Waals surface area contributed by atoms with Gasteiger partial charge in [-0.15, -0.1) is 0 Å². The van der Waals surface area contributed by atoms with Crippen LogP contribution in [0, 0.1) is 0 Å². The molecular weight excluding hydrogens is 433 g/mol. The van der Waals surface area contributed by atoms with E-state index in [0.29, 0.717) is 23.1 Å². The lowest BCUT2D eigenvalue weighted by atomic mass is 10.1. The lowest BCUT2D eigenvalue weighted by molar-refractivity contribution is -0.137. The summed E-state index contributed by atoms with van der Waals surface area (Å²) in [7, 11) is 0. The Kier molecular flexibility index (Phi) is 5.77. The molecule has 2 aromatic heterocycles. The molecule has 162 valence electrons. The Bertz CT molecular complexity index is 1090. The summed E-state index contributed by atoms with van der Waals surface area (Å²) >= 11 is 1.62. The van der Waals surface area contributed by atoms with E-state index in [0.717, 1.165) is 35.5 Å². The van der Waals surface area contributed by atoms with Crippen molar-refractivity contribution < 1.29 is 27.2 Å². The predicted molar refractivity (Wildman–Crippen MR) is 107 cm³/mol. The predicted octanol–water partition coefficient (Wildman–Crippen LogP) is 3.81. The Morgan fingerprint density at radius 3 is 2.61 bits per heavy atom. The average molecular weight is 450 g/mol. The van der Waals surface area contributed by atoms with Crippen LogP contribution in [0.4, 0.5) is 19.0 Å². The van der Waals surface area contributed by atoms with Crippen LogP contribution >= 0.6 is 11.8 Å². The van der Waals surface area contributed by atoms with Crippen molar-refractivity contribution in [3.8, 4) is 0 Å². The average Bonchev–Trinajstić information content (AvgIpc) is 3.46. The number of amides is 2.